The van der Waals surface area contributed by atoms with Crippen molar-refractivity contribution in [3.63, 3.8) is 0 Å². The standard InChI is InChI=1S/C30H28BrN3O5/c1-4-38-28(35)19-39-29-25(31)16-21(17-27(29)37-3)18-32-33-30(36)23-11-13-24(14-12-23)34-20(2)10-15-26(34)22-8-6-5-7-9-22/h5-18H,4,19H2,1-3H3,(H,33,36)/b32-18+. The quantitative estimate of drug-likeness (QED) is 0.141. The Morgan fingerprint density at radius 2 is 1.77 bits per heavy atom. The average molecular weight is 590 g/mol. The number of carbonyl (C=O) groups excluding carboxylic acids is 2. The first-order valence-corrected chi connectivity index (χ1v) is 13.0. The molecule has 0 aliphatic carbocycles. The van der Waals surface area contributed by atoms with Crippen LogP contribution in [0, 0.1) is 6.92 Å². The summed E-state index contributed by atoms with van der Waals surface area (Å²) in [6.45, 7) is 3.80. The summed E-state index contributed by atoms with van der Waals surface area (Å²) in [7, 11) is 1.49. The van der Waals surface area contributed by atoms with Crippen LogP contribution in [0.15, 0.2) is 88.4 Å². The lowest BCUT2D eigenvalue weighted by molar-refractivity contribution is -0.145. The molecular formula is C30H28BrN3O5. The van der Waals surface area contributed by atoms with Crippen molar-refractivity contribution >= 4 is 34.0 Å². The highest BCUT2D eigenvalue weighted by Gasteiger charge is 2.14. The highest BCUT2D eigenvalue weighted by Crippen LogP contribution is 2.36. The molecule has 0 atom stereocenters. The van der Waals surface area contributed by atoms with Gasteiger partial charge in [-0.15, -0.1) is 0 Å². The van der Waals surface area contributed by atoms with Crippen LogP contribution in [0.1, 0.15) is 28.5 Å². The van der Waals surface area contributed by atoms with E-state index in [0.717, 1.165) is 22.6 Å². The second-order valence-electron chi connectivity index (χ2n) is 8.44. The first-order chi connectivity index (χ1) is 18.9. The maximum Gasteiger partial charge on any atom is 0.344 e. The predicted octanol–water partition coefficient (Wildman–Crippen LogP) is 5.93. The van der Waals surface area contributed by atoms with Crippen LogP contribution in [0.25, 0.3) is 16.9 Å². The fraction of sp³-hybridized carbons (Fsp3) is 0.167. The summed E-state index contributed by atoms with van der Waals surface area (Å²) < 4.78 is 18.5. The minimum absolute atomic E-state index is 0.247. The van der Waals surface area contributed by atoms with Gasteiger partial charge in [-0.2, -0.15) is 5.10 Å². The summed E-state index contributed by atoms with van der Waals surface area (Å²) in [5.74, 6) is -0.0638. The molecule has 3 aromatic carbocycles. The van der Waals surface area contributed by atoms with Crippen molar-refractivity contribution in [3.8, 4) is 28.4 Å². The number of carbonyl (C=O) groups is 2. The summed E-state index contributed by atoms with van der Waals surface area (Å²) in [5.41, 5.74) is 7.92. The Hall–Kier alpha value is -4.37. The van der Waals surface area contributed by atoms with Crippen LogP contribution in [-0.2, 0) is 9.53 Å². The fourth-order valence-electron chi connectivity index (χ4n) is 4.00. The Balaban J connectivity index is 1.43. The molecule has 1 amide bonds. The first kappa shape index (κ1) is 27.7. The van der Waals surface area contributed by atoms with E-state index in [1.165, 1.54) is 13.3 Å². The fourth-order valence-corrected chi connectivity index (χ4v) is 4.57. The zero-order chi connectivity index (χ0) is 27.8. The summed E-state index contributed by atoms with van der Waals surface area (Å²) >= 11 is 3.43. The number of ether oxygens (including phenoxy) is 3. The van der Waals surface area contributed by atoms with Crippen molar-refractivity contribution in [3.05, 3.63) is 100 Å². The number of hydrogen-bond donors (Lipinski definition) is 1. The van der Waals surface area contributed by atoms with E-state index in [-0.39, 0.29) is 19.1 Å². The van der Waals surface area contributed by atoms with Gasteiger partial charge in [0.2, 0.25) is 0 Å². The monoisotopic (exact) mass is 589 g/mol. The van der Waals surface area contributed by atoms with Gasteiger partial charge in [-0.3, -0.25) is 4.79 Å². The first-order valence-electron chi connectivity index (χ1n) is 12.2. The number of nitrogens with one attached hydrogen (secondary N) is 1. The van der Waals surface area contributed by atoms with Crippen LogP contribution in [0.4, 0.5) is 0 Å². The summed E-state index contributed by atoms with van der Waals surface area (Å²) in [4.78, 5) is 24.3. The maximum atomic E-state index is 12.7. The second kappa shape index (κ2) is 12.9. The molecule has 0 fully saturated rings. The average Bonchev–Trinajstić information content (AvgIpc) is 3.34. The topological polar surface area (TPSA) is 91.2 Å². The van der Waals surface area contributed by atoms with E-state index in [9.17, 15) is 9.59 Å². The van der Waals surface area contributed by atoms with E-state index in [0.29, 0.717) is 27.1 Å². The van der Waals surface area contributed by atoms with Crippen molar-refractivity contribution in [1.29, 1.82) is 0 Å². The van der Waals surface area contributed by atoms with Gasteiger partial charge in [0.25, 0.3) is 5.91 Å². The van der Waals surface area contributed by atoms with E-state index >= 15 is 0 Å². The molecular weight excluding hydrogens is 562 g/mol. The molecule has 4 rings (SSSR count). The van der Waals surface area contributed by atoms with E-state index in [4.69, 9.17) is 14.2 Å². The molecule has 0 saturated heterocycles. The number of aryl methyl sites for hydroxylation is 1. The van der Waals surface area contributed by atoms with E-state index < -0.39 is 5.97 Å². The Morgan fingerprint density at radius 3 is 2.46 bits per heavy atom. The predicted molar refractivity (Wildman–Crippen MR) is 154 cm³/mol. The number of hydrogen-bond acceptors (Lipinski definition) is 6. The van der Waals surface area contributed by atoms with Gasteiger partial charge in [0.1, 0.15) is 0 Å². The van der Waals surface area contributed by atoms with Gasteiger partial charge in [-0.1, -0.05) is 30.3 Å². The van der Waals surface area contributed by atoms with Crippen molar-refractivity contribution in [2.45, 2.75) is 13.8 Å². The Kier molecular flexibility index (Phi) is 9.17. The summed E-state index contributed by atoms with van der Waals surface area (Å²) in [6, 6.07) is 25.1. The number of amides is 1. The molecule has 9 heteroatoms. The third kappa shape index (κ3) is 6.74. The lowest BCUT2D eigenvalue weighted by atomic mass is 10.1. The van der Waals surface area contributed by atoms with Gasteiger partial charge < -0.3 is 18.8 Å². The molecule has 0 radical (unpaired) electrons. The summed E-state index contributed by atoms with van der Waals surface area (Å²) in [5, 5.41) is 4.08. The van der Waals surface area contributed by atoms with Crippen LogP contribution in [0.3, 0.4) is 0 Å². The minimum atomic E-state index is -0.479. The van der Waals surface area contributed by atoms with E-state index in [1.54, 1.807) is 31.2 Å². The number of benzene rings is 3. The smallest absolute Gasteiger partial charge is 0.344 e. The van der Waals surface area contributed by atoms with Gasteiger partial charge in [0.05, 0.1) is 30.1 Å². The third-order valence-electron chi connectivity index (χ3n) is 5.80. The number of rotatable bonds is 10. The number of hydrazone groups is 1. The molecule has 0 aliphatic rings. The maximum absolute atomic E-state index is 12.7. The number of esters is 1. The van der Waals surface area contributed by atoms with Crippen molar-refractivity contribution < 1.29 is 23.8 Å². The van der Waals surface area contributed by atoms with Crippen molar-refractivity contribution in [2.24, 2.45) is 5.10 Å². The molecule has 0 bridgehead atoms. The Labute approximate surface area is 235 Å². The van der Waals surface area contributed by atoms with Crippen LogP contribution < -0.4 is 14.9 Å². The number of methoxy groups -OCH3 is 1. The van der Waals surface area contributed by atoms with Crippen molar-refractivity contribution in [2.75, 3.05) is 20.3 Å². The lowest BCUT2D eigenvalue weighted by Crippen LogP contribution is -2.17. The Bertz CT molecular complexity index is 1480. The Morgan fingerprint density at radius 1 is 1.03 bits per heavy atom. The van der Waals surface area contributed by atoms with Gasteiger partial charge in [0.15, 0.2) is 18.1 Å². The third-order valence-corrected chi connectivity index (χ3v) is 6.39. The molecule has 1 N–H and O–H groups in total. The van der Waals surface area contributed by atoms with Gasteiger partial charge in [0, 0.05) is 16.9 Å². The highest BCUT2D eigenvalue weighted by molar-refractivity contribution is 9.10. The number of aromatic nitrogens is 1. The van der Waals surface area contributed by atoms with E-state index in [2.05, 4.69) is 55.3 Å². The SMILES string of the molecule is CCOC(=O)COc1c(Br)cc(/C=N/NC(=O)c2ccc(-n3c(C)ccc3-c3ccccc3)cc2)cc1OC. The normalized spacial score (nSPS) is 10.9. The van der Waals surface area contributed by atoms with Crippen LogP contribution in [-0.4, -0.2) is 43.0 Å². The van der Waals surface area contributed by atoms with Crippen LogP contribution >= 0.6 is 15.9 Å². The molecule has 1 heterocycles. The van der Waals surface area contributed by atoms with Gasteiger partial charge in [-0.25, -0.2) is 10.2 Å². The summed E-state index contributed by atoms with van der Waals surface area (Å²) in [6.07, 6.45) is 1.49. The second-order valence-corrected chi connectivity index (χ2v) is 9.29. The zero-order valence-corrected chi connectivity index (χ0v) is 23.4. The van der Waals surface area contributed by atoms with Crippen LogP contribution in [0.5, 0.6) is 11.5 Å². The molecule has 8 nitrogen and oxygen atoms in total. The molecule has 0 aliphatic heterocycles. The molecule has 1 aromatic heterocycles. The number of halogens is 1. The molecule has 200 valence electrons. The zero-order valence-electron chi connectivity index (χ0n) is 21.8. The lowest BCUT2D eigenvalue weighted by Gasteiger charge is -2.13. The van der Waals surface area contributed by atoms with Gasteiger partial charge >= 0.3 is 5.97 Å². The van der Waals surface area contributed by atoms with E-state index in [1.807, 2.05) is 37.3 Å². The van der Waals surface area contributed by atoms with Crippen LogP contribution in [0.2, 0.25) is 0 Å². The highest BCUT2D eigenvalue weighted by atomic mass is 79.9. The van der Waals surface area contributed by atoms with Crippen molar-refractivity contribution in [1.82, 2.24) is 9.99 Å². The van der Waals surface area contributed by atoms with Gasteiger partial charge in [-0.05, 0) is 89.4 Å². The molecule has 39 heavy (non-hydrogen) atoms. The minimum Gasteiger partial charge on any atom is -0.493 e. The molecule has 0 spiro atoms. The number of nitrogens with zero attached hydrogens (tertiary/aromatic N) is 2. The molecule has 0 unspecified atom stereocenters. The molecule has 4 aromatic rings. The largest absolute Gasteiger partial charge is 0.493 e. The molecule has 0 saturated carbocycles.